The Morgan fingerprint density at radius 3 is 2.27 bits per heavy atom. The highest BCUT2D eigenvalue weighted by Crippen LogP contribution is 2.40. The summed E-state index contributed by atoms with van der Waals surface area (Å²) in [6.07, 6.45) is -5.41. The highest BCUT2D eigenvalue weighted by atomic mass is 32.2. The Morgan fingerprint density at radius 1 is 0.864 bits per heavy atom. The quantitative estimate of drug-likeness (QED) is 0.112. The molecule has 0 amide bonds. The van der Waals surface area contributed by atoms with Crippen LogP contribution in [0.5, 0.6) is 11.5 Å². The number of nitrogens with zero attached hydrogens (tertiary/aromatic N) is 1. The molecule has 0 radical (unpaired) electrons. The van der Waals surface area contributed by atoms with Crippen LogP contribution in [0.25, 0.3) is 21.9 Å². The van der Waals surface area contributed by atoms with Gasteiger partial charge in [-0.3, -0.25) is 4.72 Å². The first-order chi connectivity index (χ1) is 20.8. The van der Waals surface area contributed by atoms with Crippen LogP contribution in [0.3, 0.4) is 0 Å². The van der Waals surface area contributed by atoms with Crippen LogP contribution < -0.4 is 9.46 Å². The average molecular weight is 641 g/mol. The number of nitriles is 1. The maximum atomic E-state index is 13.3. The Hall–Kier alpha value is -5.26. The normalized spacial score (nSPS) is 11.5. The molecule has 0 aliphatic heterocycles. The summed E-state index contributed by atoms with van der Waals surface area (Å²) in [5.74, 6) is -4.55. The number of halogens is 4. The molecule has 5 aromatic rings. The molecule has 8 nitrogen and oxygen atoms in total. The predicted molar refractivity (Wildman–Crippen MR) is 152 cm³/mol. The Morgan fingerprint density at radius 2 is 1.57 bits per heavy atom. The van der Waals surface area contributed by atoms with Gasteiger partial charge in [0, 0.05) is 16.8 Å². The van der Waals surface area contributed by atoms with Crippen LogP contribution >= 0.6 is 11.3 Å². The topological polar surface area (TPSA) is 123 Å². The van der Waals surface area contributed by atoms with E-state index in [4.69, 9.17) is 10.00 Å². The molecule has 1 N–H and O–H groups in total. The summed E-state index contributed by atoms with van der Waals surface area (Å²) in [6.45, 7) is 0. The number of hydrogen-bond acceptors (Lipinski definition) is 8. The number of carbonyl (C=O) groups is 2. The number of rotatable bonds is 7. The van der Waals surface area contributed by atoms with Gasteiger partial charge in [0.2, 0.25) is 0 Å². The monoisotopic (exact) mass is 640 g/mol. The van der Waals surface area contributed by atoms with Crippen molar-refractivity contribution in [1.29, 1.82) is 5.26 Å². The van der Waals surface area contributed by atoms with Gasteiger partial charge in [0.15, 0.2) is 0 Å². The third-order valence-corrected chi connectivity index (χ3v) is 8.37. The van der Waals surface area contributed by atoms with Crippen molar-refractivity contribution in [3.63, 3.8) is 0 Å². The molecule has 0 aliphatic carbocycles. The molecule has 0 saturated heterocycles. The van der Waals surface area contributed by atoms with E-state index in [1.165, 1.54) is 29.6 Å². The van der Waals surface area contributed by atoms with Gasteiger partial charge in [0.25, 0.3) is 10.0 Å². The van der Waals surface area contributed by atoms with Crippen molar-refractivity contribution in [2.75, 3.05) is 4.72 Å². The van der Waals surface area contributed by atoms with Gasteiger partial charge in [0.1, 0.15) is 22.2 Å². The number of anilines is 1. The lowest BCUT2D eigenvalue weighted by molar-refractivity contribution is -0.193. The number of sulfonamides is 1. The average Bonchev–Trinajstić information content (AvgIpc) is 3.47. The van der Waals surface area contributed by atoms with Gasteiger partial charge in [-0.1, -0.05) is 12.1 Å². The number of esters is 2. The van der Waals surface area contributed by atoms with Gasteiger partial charge in [-0.25, -0.2) is 22.4 Å². The molecule has 1 heterocycles. The third-order valence-electron chi connectivity index (χ3n) is 6.08. The van der Waals surface area contributed by atoms with Crippen molar-refractivity contribution in [1.82, 2.24) is 0 Å². The minimum atomic E-state index is -5.41. The molecule has 0 fully saturated rings. The van der Waals surface area contributed by atoms with E-state index in [1.54, 1.807) is 36.4 Å². The molecule has 0 atom stereocenters. The summed E-state index contributed by atoms with van der Waals surface area (Å²) in [4.78, 5) is 23.3. The van der Waals surface area contributed by atoms with Crippen LogP contribution in [-0.2, 0) is 19.6 Å². The lowest BCUT2D eigenvalue weighted by Gasteiger charge is -2.15. The van der Waals surface area contributed by atoms with Crippen molar-refractivity contribution in [3.8, 4) is 28.7 Å². The maximum Gasteiger partial charge on any atom is 0.491 e. The third kappa shape index (κ3) is 6.54. The second kappa shape index (κ2) is 11.8. The van der Waals surface area contributed by atoms with Crippen molar-refractivity contribution in [3.05, 3.63) is 107 Å². The summed E-state index contributed by atoms with van der Waals surface area (Å²) in [6, 6.07) is 21.4. The highest BCUT2D eigenvalue weighted by Gasteiger charge is 2.43. The van der Waals surface area contributed by atoms with E-state index in [0.29, 0.717) is 22.6 Å². The number of carbonyl (C=O) groups excluding carboxylic acids is 2. The Balaban J connectivity index is 1.56. The van der Waals surface area contributed by atoms with E-state index in [2.05, 4.69) is 9.46 Å². The van der Waals surface area contributed by atoms with E-state index in [-0.39, 0.29) is 32.3 Å². The zero-order chi connectivity index (χ0) is 31.6. The molecule has 0 bridgehead atoms. The first-order valence-electron chi connectivity index (χ1n) is 12.3. The molecule has 1 aromatic heterocycles. The maximum absolute atomic E-state index is 13.3. The molecule has 0 unspecified atom stereocenters. The molecular weight excluding hydrogens is 624 g/mol. The largest absolute Gasteiger partial charge is 0.491 e. The fourth-order valence-electron chi connectivity index (χ4n) is 4.07. The van der Waals surface area contributed by atoms with Gasteiger partial charge in [-0.15, -0.1) is 11.3 Å². The number of hydrogen-bond donors (Lipinski definition) is 1. The SMILES string of the molecule is N#Cc1ccc2cc(Oc3ccc(NS(=O)(=O)c4ccc(F)cc4)cc3-c3ccsc3C(=O)OC(=O)C(F)(F)F)ccc2c1. The van der Waals surface area contributed by atoms with Crippen molar-refractivity contribution in [2.24, 2.45) is 0 Å². The minimum absolute atomic E-state index is 0.00717. The first kappa shape index (κ1) is 30.2. The molecule has 4 aromatic carbocycles. The van der Waals surface area contributed by atoms with Gasteiger partial charge >= 0.3 is 18.1 Å². The second-order valence-corrected chi connectivity index (χ2v) is 11.6. The Bertz CT molecular complexity index is 2070. The van der Waals surface area contributed by atoms with Gasteiger partial charge in [-0.05, 0) is 88.9 Å². The van der Waals surface area contributed by atoms with Crippen LogP contribution in [0.1, 0.15) is 15.2 Å². The molecule has 0 aliphatic rings. The van der Waals surface area contributed by atoms with E-state index in [0.717, 1.165) is 35.0 Å². The fraction of sp³-hybridized carbons (Fsp3) is 0.0333. The molecule has 222 valence electrons. The van der Waals surface area contributed by atoms with E-state index in [9.17, 15) is 35.6 Å². The van der Waals surface area contributed by atoms with Gasteiger partial charge in [0.05, 0.1) is 16.5 Å². The first-order valence-corrected chi connectivity index (χ1v) is 14.7. The lowest BCUT2D eigenvalue weighted by Crippen LogP contribution is -2.27. The van der Waals surface area contributed by atoms with Gasteiger partial charge in [-0.2, -0.15) is 18.4 Å². The standard InChI is InChI=1S/C30H16F4N2O6S2/c31-20-4-8-23(9-5-20)44(39,40)36-21-6-10-26(41-22-7-3-18-13-17(16-35)1-2-19(18)14-22)25(15-21)24-11-12-43-27(24)28(37)42-29(38)30(32,33)34/h1-15,36H. The second-order valence-electron chi connectivity index (χ2n) is 9.05. The molecule has 14 heteroatoms. The number of nitrogens with one attached hydrogen (secondary N) is 1. The molecule has 5 rings (SSSR count). The summed E-state index contributed by atoms with van der Waals surface area (Å²) in [5, 5.41) is 12.0. The van der Waals surface area contributed by atoms with Gasteiger partial charge < -0.3 is 9.47 Å². The van der Waals surface area contributed by atoms with Crippen molar-refractivity contribution in [2.45, 2.75) is 11.1 Å². The lowest BCUT2D eigenvalue weighted by atomic mass is 10.0. The zero-order valence-electron chi connectivity index (χ0n) is 21.9. The van der Waals surface area contributed by atoms with Crippen LogP contribution in [0, 0.1) is 17.1 Å². The van der Waals surface area contributed by atoms with E-state index in [1.807, 2.05) is 6.07 Å². The van der Waals surface area contributed by atoms with Crippen LogP contribution in [-0.4, -0.2) is 26.5 Å². The van der Waals surface area contributed by atoms with Crippen LogP contribution in [0.15, 0.2) is 95.2 Å². The smallest absolute Gasteiger partial charge is 0.457 e. The summed E-state index contributed by atoms with van der Waals surface area (Å²) < 4.78 is 90.0. The molecule has 44 heavy (non-hydrogen) atoms. The summed E-state index contributed by atoms with van der Waals surface area (Å²) in [7, 11) is -4.22. The summed E-state index contributed by atoms with van der Waals surface area (Å²) in [5.41, 5.74) is 0.480. The molecule has 0 saturated carbocycles. The number of benzene rings is 4. The Kier molecular flexibility index (Phi) is 8.09. The predicted octanol–water partition coefficient (Wildman–Crippen LogP) is 7.42. The van der Waals surface area contributed by atoms with Crippen LogP contribution in [0.4, 0.5) is 23.2 Å². The number of thiophene rings is 1. The number of fused-ring (bicyclic) bond motifs is 1. The number of alkyl halides is 3. The van der Waals surface area contributed by atoms with E-state index >= 15 is 0 Å². The van der Waals surface area contributed by atoms with Crippen molar-refractivity contribution >= 4 is 49.8 Å². The zero-order valence-corrected chi connectivity index (χ0v) is 23.5. The minimum Gasteiger partial charge on any atom is -0.457 e. The molecular formula is C30H16F4N2O6S2. The van der Waals surface area contributed by atoms with E-state index < -0.39 is 34.0 Å². The Labute approximate surface area is 250 Å². The number of ether oxygens (including phenoxy) is 2. The fourth-order valence-corrected chi connectivity index (χ4v) is 5.91. The van der Waals surface area contributed by atoms with Crippen molar-refractivity contribution < 1.29 is 45.0 Å². The highest BCUT2D eigenvalue weighted by molar-refractivity contribution is 7.92. The molecule has 0 spiro atoms. The van der Waals surface area contributed by atoms with Crippen LogP contribution in [0.2, 0.25) is 0 Å². The summed E-state index contributed by atoms with van der Waals surface area (Å²) >= 11 is 0.692.